The van der Waals surface area contributed by atoms with E-state index < -0.39 is 18.2 Å². The molecule has 0 heterocycles. The first-order chi connectivity index (χ1) is 4.59. The van der Waals surface area contributed by atoms with E-state index in [1.807, 2.05) is 0 Å². The van der Waals surface area contributed by atoms with Crippen molar-refractivity contribution >= 4 is 5.97 Å². The van der Waals surface area contributed by atoms with Crippen LogP contribution < -0.4 is 5.26 Å². The zero-order valence-electron chi connectivity index (χ0n) is 4.80. The largest absolute Gasteiger partial charge is 0.759 e. The molecule has 0 aliphatic heterocycles. The number of aliphatic carboxylic acids is 1. The molecule has 2 atom stereocenters. The Kier molecular flexibility index (Phi) is 3.89. The number of carboxylic acid groups (broad SMARTS) is 1. The molecule has 60 valence electrons. The molecular weight excluding hydrogens is 144 g/mol. The van der Waals surface area contributed by atoms with Gasteiger partial charge in [0.05, 0.1) is 0 Å². The van der Waals surface area contributed by atoms with Crippen LogP contribution in [-0.4, -0.2) is 33.5 Å². The van der Waals surface area contributed by atoms with E-state index in [0.717, 1.165) is 0 Å². The lowest BCUT2D eigenvalue weighted by atomic mass is 10.2. The maximum atomic E-state index is 9.83. The van der Waals surface area contributed by atoms with Crippen molar-refractivity contribution in [3.63, 3.8) is 0 Å². The van der Waals surface area contributed by atoms with E-state index in [9.17, 15) is 10.1 Å². The SMILES string of the molecule is O=C(O)[C@@H](O)[C@H](O)[CH-]O[O-]. The van der Waals surface area contributed by atoms with Crippen LogP contribution in [0.2, 0.25) is 0 Å². The molecule has 0 aromatic rings. The van der Waals surface area contributed by atoms with Crippen molar-refractivity contribution in [3.05, 3.63) is 6.61 Å². The van der Waals surface area contributed by atoms with E-state index >= 15 is 0 Å². The number of carbonyl (C=O) groups is 1. The van der Waals surface area contributed by atoms with Crippen LogP contribution in [0.15, 0.2) is 0 Å². The minimum Gasteiger partial charge on any atom is -0.759 e. The van der Waals surface area contributed by atoms with E-state index in [1.54, 1.807) is 0 Å². The highest BCUT2D eigenvalue weighted by Crippen LogP contribution is 1.96. The van der Waals surface area contributed by atoms with Crippen molar-refractivity contribution in [2.45, 2.75) is 12.2 Å². The van der Waals surface area contributed by atoms with E-state index in [4.69, 9.17) is 15.3 Å². The standard InChI is InChI=1S/C4H7O6/c5-2(1-10-9)3(6)4(7)8/h1-3,5-6,9H,(H,7,8)/q-1/p-1/t2-,3+/m1/s1. The summed E-state index contributed by atoms with van der Waals surface area (Å²) in [5.41, 5.74) is 0. The predicted molar refractivity (Wildman–Crippen MR) is 25.0 cm³/mol. The van der Waals surface area contributed by atoms with Crippen molar-refractivity contribution < 1.29 is 30.3 Å². The molecule has 6 heteroatoms. The van der Waals surface area contributed by atoms with Crippen LogP contribution in [0.3, 0.4) is 0 Å². The average molecular weight is 150 g/mol. The first kappa shape index (κ1) is 9.31. The molecule has 10 heavy (non-hydrogen) atoms. The van der Waals surface area contributed by atoms with Crippen LogP contribution in [0.4, 0.5) is 0 Å². The molecule has 0 rings (SSSR count). The molecule has 0 amide bonds. The second-order valence-corrected chi connectivity index (χ2v) is 1.51. The Morgan fingerprint density at radius 3 is 2.40 bits per heavy atom. The third-order valence-corrected chi connectivity index (χ3v) is 0.771. The van der Waals surface area contributed by atoms with Gasteiger partial charge in [0.1, 0.15) is 0 Å². The quantitative estimate of drug-likeness (QED) is 0.227. The lowest BCUT2D eigenvalue weighted by molar-refractivity contribution is -0.677. The number of hydrogen-bond donors (Lipinski definition) is 3. The summed E-state index contributed by atoms with van der Waals surface area (Å²) >= 11 is 0. The molecule has 3 N–H and O–H groups in total. The molecule has 0 spiro atoms. The third-order valence-electron chi connectivity index (χ3n) is 0.771. The number of rotatable bonds is 4. The van der Waals surface area contributed by atoms with E-state index in [1.165, 1.54) is 0 Å². The average Bonchev–Trinajstić information content (AvgIpc) is 1.87. The molecule has 0 aromatic heterocycles. The molecule has 0 radical (unpaired) electrons. The Bertz CT molecular complexity index is 112. The topological polar surface area (TPSA) is 110 Å². The second-order valence-electron chi connectivity index (χ2n) is 1.51. The van der Waals surface area contributed by atoms with E-state index in [0.29, 0.717) is 0 Å². The summed E-state index contributed by atoms with van der Waals surface area (Å²) in [7, 11) is 0. The van der Waals surface area contributed by atoms with Gasteiger partial charge in [-0.1, -0.05) is 0 Å². The zero-order chi connectivity index (χ0) is 8.15. The molecule has 0 saturated carbocycles. The molecule has 0 aromatic carbocycles. The number of carboxylic acids is 1. The van der Waals surface area contributed by atoms with Gasteiger partial charge in [-0.25, -0.2) is 4.79 Å². The van der Waals surface area contributed by atoms with Gasteiger partial charge in [-0.3, -0.25) is 0 Å². The maximum absolute atomic E-state index is 9.83. The summed E-state index contributed by atoms with van der Waals surface area (Å²) < 4.78 is 0. The van der Waals surface area contributed by atoms with Crippen LogP contribution in [-0.2, 0) is 9.68 Å². The third kappa shape index (κ3) is 2.74. The summed E-state index contributed by atoms with van der Waals surface area (Å²) in [6.07, 6.45) is -3.82. The molecule has 0 saturated heterocycles. The summed E-state index contributed by atoms with van der Waals surface area (Å²) in [5, 5.41) is 34.1. The number of aliphatic hydroxyl groups excluding tert-OH is 2. The Hall–Kier alpha value is -0.690. The fraction of sp³-hybridized carbons (Fsp3) is 0.500. The first-order valence-corrected chi connectivity index (χ1v) is 2.30. The van der Waals surface area contributed by atoms with Gasteiger partial charge in [-0.05, 0) is 6.10 Å². The van der Waals surface area contributed by atoms with Crippen LogP contribution in [0.1, 0.15) is 0 Å². The van der Waals surface area contributed by atoms with Crippen molar-refractivity contribution in [2.24, 2.45) is 0 Å². The predicted octanol–water partition coefficient (Wildman–Crippen LogP) is -2.75. The number of aliphatic hydroxyl groups is 2. The van der Waals surface area contributed by atoms with Crippen LogP contribution in [0.5, 0.6) is 0 Å². The van der Waals surface area contributed by atoms with Gasteiger partial charge in [0.15, 0.2) is 6.10 Å². The Morgan fingerprint density at radius 1 is 1.60 bits per heavy atom. The van der Waals surface area contributed by atoms with Crippen LogP contribution >= 0.6 is 0 Å². The normalized spacial score (nSPS) is 16.3. The minimum absolute atomic E-state index is 0.277. The van der Waals surface area contributed by atoms with Gasteiger partial charge in [-0.2, -0.15) is 6.61 Å². The molecule has 0 bridgehead atoms. The summed E-state index contributed by atoms with van der Waals surface area (Å²) in [4.78, 5) is 12.9. The highest BCUT2D eigenvalue weighted by Gasteiger charge is 2.16. The molecular formula is C4H6O6-2. The van der Waals surface area contributed by atoms with Crippen molar-refractivity contribution in [1.82, 2.24) is 0 Å². The van der Waals surface area contributed by atoms with Gasteiger partial charge in [-0.15, -0.1) is 0 Å². The fourth-order valence-electron chi connectivity index (χ4n) is 0.277. The van der Waals surface area contributed by atoms with E-state index in [2.05, 4.69) is 4.89 Å². The van der Waals surface area contributed by atoms with E-state index in [-0.39, 0.29) is 6.61 Å². The van der Waals surface area contributed by atoms with Crippen LogP contribution in [0, 0.1) is 6.61 Å². The molecule has 6 nitrogen and oxygen atoms in total. The highest BCUT2D eigenvalue weighted by molar-refractivity contribution is 5.72. The Morgan fingerprint density at radius 2 is 2.10 bits per heavy atom. The minimum atomic E-state index is -2.02. The molecule has 0 aliphatic carbocycles. The smallest absolute Gasteiger partial charge is 0.332 e. The highest BCUT2D eigenvalue weighted by atomic mass is 17.1. The van der Waals surface area contributed by atoms with Crippen molar-refractivity contribution in [3.8, 4) is 0 Å². The lowest BCUT2D eigenvalue weighted by Gasteiger charge is -2.26. The van der Waals surface area contributed by atoms with Gasteiger partial charge in [0, 0.05) is 0 Å². The lowest BCUT2D eigenvalue weighted by Crippen LogP contribution is -2.35. The van der Waals surface area contributed by atoms with Crippen molar-refractivity contribution in [1.29, 1.82) is 0 Å². The number of hydrogen-bond acceptors (Lipinski definition) is 5. The van der Waals surface area contributed by atoms with Gasteiger partial charge in [0.2, 0.25) is 0 Å². The molecule has 0 unspecified atom stereocenters. The summed E-state index contributed by atoms with van der Waals surface area (Å²) in [5.74, 6) is -1.62. The van der Waals surface area contributed by atoms with Gasteiger partial charge >= 0.3 is 5.97 Å². The first-order valence-electron chi connectivity index (χ1n) is 2.30. The van der Waals surface area contributed by atoms with Gasteiger partial charge in [0.25, 0.3) is 0 Å². The second kappa shape index (κ2) is 4.18. The monoisotopic (exact) mass is 150 g/mol. The van der Waals surface area contributed by atoms with Gasteiger partial charge < -0.3 is 25.5 Å². The summed E-state index contributed by atoms with van der Waals surface area (Å²) in [6.45, 7) is 0.277. The fourth-order valence-corrected chi connectivity index (χ4v) is 0.277. The molecule has 0 fully saturated rings. The molecule has 0 aliphatic rings. The van der Waals surface area contributed by atoms with Crippen LogP contribution in [0.25, 0.3) is 0 Å². The Labute approximate surface area is 56.2 Å². The zero-order valence-corrected chi connectivity index (χ0v) is 4.80. The summed E-state index contributed by atoms with van der Waals surface area (Å²) in [6, 6.07) is 0. The van der Waals surface area contributed by atoms with Crippen molar-refractivity contribution in [2.75, 3.05) is 0 Å². The maximum Gasteiger partial charge on any atom is 0.332 e. The Balaban J connectivity index is 3.69.